The first-order valence-corrected chi connectivity index (χ1v) is 9.62. The molecule has 0 bridgehead atoms. The van der Waals surface area contributed by atoms with E-state index < -0.39 is 42.3 Å². The minimum Gasteiger partial charge on any atom is -0.481 e. The first-order chi connectivity index (χ1) is 13.3. The van der Waals surface area contributed by atoms with Gasteiger partial charge in [-0.25, -0.2) is 4.79 Å². The number of rotatable bonds is 13. The second-order valence-corrected chi connectivity index (χ2v) is 7.05. The quantitative estimate of drug-likeness (QED) is 0.210. The average molecular weight is 412 g/mol. The molecule has 0 fully saturated rings. The summed E-state index contributed by atoms with van der Waals surface area (Å²) in [5.74, 6) is -3.14. The average Bonchev–Trinajstić information content (AvgIpc) is 2.66. The Bertz CT molecular complexity index is 669. The van der Waals surface area contributed by atoms with Gasteiger partial charge >= 0.3 is 17.9 Å². The van der Waals surface area contributed by atoms with Gasteiger partial charge in [0.15, 0.2) is 0 Å². The predicted molar refractivity (Wildman–Crippen MR) is 102 cm³/mol. The van der Waals surface area contributed by atoms with Gasteiger partial charge in [-0.15, -0.1) is 11.8 Å². The molecule has 2 atom stereocenters. The minimum atomic E-state index is -1.37. The molecular formula is C18H24N2O7S. The highest BCUT2D eigenvalue weighted by atomic mass is 32.2. The third-order valence-electron chi connectivity index (χ3n) is 3.56. The van der Waals surface area contributed by atoms with E-state index in [2.05, 4.69) is 5.32 Å². The van der Waals surface area contributed by atoms with Crippen LogP contribution in [0.3, 0.4) is 0 Å². The second kappa shape index (κ2) is 12.7. The lowest BCUT2D eigenvalue weighted by atomic mass is 10.1. The van der Waals surface area contributed by atoms with Crippen LogP contribution < -0.4 is 11.1 Å². The molecule has 0 radical (unpaired) electrons. The number of carboxylic acid groups (broad SMARTS) is 2. The molecule has 154 valence electrons. The summed E-state index contributed by atoms with van der Waals surface area (Å²) in [5, 5.41) is 19.7. The zero-order valence-electron chi connectivity index (χ0n) is 15.2. The summed E-state index contributed by atoms with van der Waals surface area (Å²) in [6, 6.07) is 7.11. The molecular weight excluding hydrogens is 388 g/mol. The zero-order valence-corrected chi connectivity index (χ0v) is 16.0. The van der Waals surface area contributed by atoms with E-state index in [-0.39, 0.29) is 19.4 Å². The van der Waals surface area contributed by atoms with Crippen molar-refractivity contribution in [1.29, 1.82) is 0 Å². The minimum absolute atomic E-state index is 0.171. The Morgan fingerprint density at radius 1 is 1.11 bits per heavy atom. The summed E-state index contributed by atoms with van der Waals surface area (Å²) < 4.78 is 4.94. The Labute approximate surface area is 166 Å². The standard InChI is InChI=1S/C18H24N2O7S/c19-13(17(24)20-14(18(25)26)8-9-15(21)22)11-27-16(23)7-4-10-28-12-5-2-1-3-6-12/h1-3,5-6,13-14H,4,7-11,19H2,(H,20,24)(H,21,22)(H,25,26)/t13-,14+/m0/s1. The molecule has 0 saturated heterocycles. The van der Waals surface area contributed by atoms with Crippen LogP contribution in [0.1, 0.15) is 25.7 Å². The number of thioether (sulfide) groups is 1. The number of aliphatic carboxylic acids is 2. The van der Waals surface area contributed by atoms with Gasteiger partial charge in [0.1, 0.15) is 18.7 Å². The highest BCUT2D eigenvalue weighted by molar-refractivity contribution is 7.99. The van der Waals surface area contributed by atoms with Crippen molar-refractivity contribution in [2.45, 2.75) is 42.7 Å². The molecule has 5 N–H and O–H groups in total. The normalized spacial score (nSPS) is 12.6. The van der Waals surface area contributed by atoms with Crippen LogP contribution in [0.25, 0.3) is 0 Å². The number of hydrogen-bond acceptors (Lipinski definition) is 7. The molecule has 9 nitrogen and oxygen atoms in total. The van der Waals surface area contributed by atoms with Crippen LogP contribution in [0.2, 0.25) is 0 Å². The van der Waals surface area contributed by atoms with Gasteiger partial charge in [-0.05, 0) is 30.7 Å². The predicted octanol–water partition coefficient (Wildman–Crippen LogP) is 0.864. The topological polar surface area (TPSA) is 156 Å². The number of esters is 1. The monoisotopic (exact) mass is 412 g/mol. The molecule has 0 aromatic heterocycles. The van der Waals surface area contributed by atoms with E-state index in [0.29, 0.717) is 6.42 Å². The van der Waals surface area contributed by atoms with Gasteiger partial charge in [0.2, 0.25) is 5.91 Å². The van der Waals surface area contributed by atoms with E-state index >= 15 is 0 Å². The van der Waals surface area contributed by atoms with Gasteiger partial charge in [-0.3, -0.25) is 14.4 Å². The Hall–Kier alpha value is -2.59. The number of carbonyl (C=O) groups excluding carboxylic acids is 2. The van der Waals surface area contributed by atoms with Crippen LogP contribution in [-0.2, 0) is 23.9 Å². The van der Waals surface area contributed by atoms with Crippen molar-refractivity contribution in [3.63, 3.8) is 0 Å². The molecule has 28 heavy (non-hydrogen) atoms. The lowest BCUT2D eigenvalue weighted by Gasteiger charge is -2.17. The number of ether oxygens (including phenoxy) is 1. The van der Waals surface area contributed by atoms with Crippen LogP contribution in [0.15, 0.2) is 35.2 Å². The molecule has 1 aromatic carbocycles. The highest BCUT2D eigenvalue weighted by Gasteiger charge is 2.24. The van der Waals surface area contributed by atoms with Crippen molar-refractivity contribution in [3.8, 4) is 0 Å². The summed E-state index contributed by atoms with van der Waals surface area (Å²) in [6.07, 6.45) is 0.0745. The Balaban J connectivity index is 2.26. The van der Waals surface area contributed by atoms with E-state index in [4.69, 9.17) is 20.7 Å². The first-order valence-electron chi connectivity index (χ1n) is 8.63. The van der Waals surface area contributed by atoms with Gasteiger partial charge in [0.05, 0.1) is 0 Å². The number of nitrogens with one attached hydrogen (secondary N) is 1. The maximum absolute atomic E-state index is 11.9. The zero-order chi connectivity index (χ0) is 20.9. The summed E-state index contributed by atoms with van der Waals surface area (Å²) in [4.78, 5) is 46.3. The molecule has 0 heterocycles. The fourth-order valence-electron chi connectivity index (χ4n) is 2.06. The maximum atomic E-state index is 11.9. The molecule has 10 heteroatoms. The molecule has 0 aliphatic rings. The van der Waals surface area contributed by atoms with E-state index in [0.717, 1.165) is 10.6 Å². The molecule has 0 aliphatic heterocycles. The van der Waals surface area contributed by atoms with Crippen molar-refractivity contribution >= 4 is 35.6 Å². The number of carbonyl (C=O) groups is 4. The lowest BCUT2D eigenvalue weighted by Crippen LogP contribution is -2.50. The number of nitrogens with two attached hydrogens (primary N) is 1. The van der Waals surface area contributed by atoms with Crippen LogP contribution in [-0.4, -0.2) is 58.5 Å². The van der Waals surface area contributed by atoms with E-state index in [9.17, 15) is 19.2 Å². The highest BCUT2D eigenvalue weighted by Crippen LogP contribution is 2.18. The smallest absolute Gasteiger partial charge is 0.326 e. The van der Waals surface area contributed by atoms with Crippen molar-refractivity contribution in [1.82, 2.24) is 5.32 Å². The van der Waals surface area contributed by atoms with Gasteiger partial charge in [-0.1, -0.05) is 18.2 Å². The first kappa shape index (κ1) is 23.4. The Morgan fingerprint density at radius 2 is 1.79 bits per heavy atom. The van der Waals surface area contributed by atoms with Gasteiger partial charge in [0.25, 0.3) is 0 Å². The summed E-state index contributed by atoms with van der Waals surface area (Å²) >= 11 is 1.61. The number of amides is 1. The van der Waals surface area contributed by atoms with Crippen molar-refractivity contribution < 1.29 is 34.1 Å². The van der Waals surface area contributed by atoms with Crippen LogP contribution in [0.4, 0.5) is 0 Å². The molecule has 0 saturated carbocycles. The second-order valence-electron chi connectivity index (χ2n) is 5.89. The van der Waals surface area contributed by atoms with Gasteiger partial charge < -0.3 is 26.0 Å². The third kappa shape index (κ3) is 9.93. The molecule has 1 rings (SSSR count). The Morgan fingerprint density at radius 3 is 2.39 bits per heavy atom. The third-order valence-corrected chi connectivity index (χ3v) is 4.66. The maximum Gasteiger partial charge on any atom is 0.326 e. The molecule has 0 unspecified atom stereocenters. The summed E-state index contributed by atoms with van der Waals surface area (Å²) in [7, 11) is 0. The van der Waals surface area contributed by atoms with E-state index in [1.807, 2.05) is 30.3 Å². The van der Waals surface area contributed by atoms with Crippen LogP contribution in [0.5, 0.6) is 0 Å². The molecule has 0 spiro atoms. The van der Waals surface area contributed by atoms with Crippen LogP contribution in [0, 0.1) is 0 Å². The van der Waals surface area contributed by atoms with Crippen molar-refractivity contribution in [2.75, 3.05) is 12.4 Å². The van der Waals surface area contributed by atoms with Crippen molar-refractivity contribution in [3.05, 3.63) is 30.3 Å². The fourth-order valence-corrected chi connectivity index (χ4v) is 2.93. The molecule has 1 aromatic rings. The Kier molecular flexibility index (Phi) is 10.7. The van der Waals surface area contributed by atoms with Crippen molar-refractivity contribution in [2.24, 2.45) is 5.73 Å². The van der Waals surface area contributed by atoms with E-state index in [1.165, 1.54) is 0 Å². The number of carboxylic acids is 2. The SMILES string of the molecule is N[C@@H](COC(=O)CCCSc1ccccc1)C(=O)N[C@H](CCC(=O)O)C(=O)O. The largest absolute Gasteiger partial charge is 0.481 e. The lowest BCUT2D eigenvalue weighted by molar-refractivity contribution is -0.147. The number of benzene rings is 1. The van der Waals surface area contributed by atoms with E-state index in [1.54, 1.807) is 11.8 Å². The van der Waals surface area contributed by atoms with Gasteiger partial charge in [-0.2, -0.15) is 0 Å². The molecule has 0 aliphatic carbocycles. The fraction of sp³-hybridized carbons (Fsp3) is 0.444. The summed E-state index contributed by atoms with van der Waals surface area (Å²) in [6.45, 7) is -0.387. The van der Waals surface area contributed by atoms with Crippen LogP contribution >= 0.6 is 11.8 Å². The molecule has 1 amide bonds. The summed E-state index contributed by atoms with van der Waals surface area (Å²) in [5.41, 5.74) is 5.60. The number of hydrogen-bond donors (Lipinski definition) is 4. The van der Waals surface area contributed by atoms with Gasteiger partial charge in [0, 0.05) is 17.7 Å².